The van der Waals surface area contributed by atoms with E-state index in [0.717, 1.165) is 21.5 Å². The Morgan fingerprint density at radius 3 is 1.76 bits per heavy atom. The van der Waals surface area contributed by atoms with Crippen molar-refractivity contribution in [3.05, 3.63) is 84.9 Å². The van der Waals surface area contributed by atoms with Gasteiger partial charge < -0.3 is 25.2 Å². The van der Waals surface area contributed by atoms with Crippen molar-refractivity contribution in [3.8, 4) is 11.5 Å². The van der Waals surface area contributed by atoms with Crippen LogP contribution in [0, 0.1) is 5.92 Å². The summed E-state index contributed by atoms with van der Waals surface area (Å²) in [4.78, 5) is 50.4. The average Bonchev–Trinajstić information content (AvgIpc) is 2.96. The normalized spacial score (nSPS) is 12.5. The molecule has 2 amide bonds. The summed E-state index contributed by atoms with van der Waals surface area (Å²) in [6.45, 7) is 2.69. The smallest absolute Gasteiger partial charge is 0.305 e. The number of Topliss-reactive ketones (excluding diaryl/α,β-unsaturated/α-hetero) is 1. The predicted molar refractivity (Wildman–Crippen MR) is 155 cm³/mol. The van der Waals surface area contributed by atoms with E-state index in [1.165, 1.54) is 0 Å². The lowest BCUT2D eigenvalue weighted by Gasteiger charge is -2.24. The molecule has 0 aromatic heterocycles. The lowest BCUT2D eigenvalue weighted by atomic mass is 10.0. The summed E-state index contributed by atoms with van der Waals surface area (Å²) in [6.07, 6.45) is -0.633. The highest BCUT2D eigenvalue weighted by Gasteiger charge is 2.30. The van der Waals surface area contributed by atoms with Gasteiger partial charge >= 0.3 is 5.97 Å². The van der Waals surface area contributed by atoms with Crippen molar-refractivity contribution in [1.82, 2.24) is 10.6 Å². The summed E-state index contributed by atoms with van der Waals surface area (Å²) >= 11 is 0. The summed E-state index contributed by atoms with van der Waals surface area (Å²) in [5.74, 6) is -2.44. The Bertz CT molecular complexity index is 1560. The van der Waals surface area contributed by atoms with Gasteiger partial charge in [-0.1, -0.05) is 86.6 Å². The first kappa shape index (κ1) is 29.1. The fourth-order valence-electron chi connectivity index (χ4n) is 4.47. The second kappa shape index (κ2) is 13.4. The number of benzene rings is 4. The van der Waals surface area contributed by atoms with Gasteiger partial charge in [0.2, 0.25) is 5.91 Å². The van der Waals surface area contributed by atoms with E-state index in [9.17, 15) is 24.3 Å². The van der Waals surface area contributed by atoms with Gasteiger partial charge in [-0.15, -0.1) is 0 Å². The highest BCUT2D eigenvalue weighted by atomic mass is 16.5. The summed E-state index contributed by atoms with van der Waals surface area (Å²) in [5, 5.41) is 18.1. The molecule has 41 heavy (non-hydrogen) atoms. The standard InChI is InChI=1S/C32H32N2O7/c1-20(2)31(34-29(36)19-41-28-16-8-12-22-10-4-6-14-24(22)28)32(39)33-25(17-30(37)38)26(35)18-40-27-15-7-11-21-9-3-5-13-23(21)27/h3-16,20,25,31H,17-19H2,1-2H3,(H,33,39)(H,34,36)(H,37,38)/t25-,31-/m0/s1. The first-order valence-corrected chi connectivity index (χ1v) is 13.3. The predicted octanol–water partition coefficient (Wildman–Crippen LogP) is 4.12. The number of aliphatic carboxylic acids is 1. The number of carbonyl (C=O) groups excluding carboxylic acids is 3. The largest absolute Gasteiger partial charge is 0.485 e. The second-order valence-corrected chi connectivity index (χ2v) is 9.95. The number of amides is 2. The number of hydrogen-bond donors (Lipinski definition) is 3. The average molecular weight is 557 g/mol. The maximum Gasteiger partial charge on any atom is 0.305 e. The first-order chi connectivity index (χ1) is 19.7. The molecule has 0 aliphatic carbocycles. The van der Waals surface area contributed by atoms with Crippen LogP contribution in [0.1, 0.15) is 20.3 Å². The zero-order valence-corrected chi connectivity index (χ0v) is 22.8. The summed E-state index contributed by atoms with van der Waals surface area (Å²) in [5.41, 5.74) is 0. The van der Waals surface area contributed by atoms with Crippen LogP contribution in [0.2, 0.25) is 0 Å². The van der Waals surface area contributed by atoms with E-state index in [-0.39, 0.29) is 12.5 Å². The van der Waals surface area contributed by atoms with Crippen molar-refractivity contribution in [2.45, 2.75) is 32.4 Å². The van der Waals surface area contributed by atoms with Crippen molar-refractivity contribution < 1.29 is 33.8 Å². The third kappa shape index (κ3) is 7.60. The van der Waals surface area contributed by atoms with Gasteiger partial charge in [-0.3, -0.25) is 19.2 Å². The Labute approximate surface area is 237 Å². The minimum Gasteiger partial charge on any atom is -0.485 e. The van der Waals surface area contributed by atoms with E-state index in [1.807, 2.05) is 66.7 Å². The van der Waals surface area contributed by atoms with Gasteiger partial charge in [0.15, 0.2) is 12.4 Å². The molecule has 0 spiro atoms. The topological polar surface area (TPSA) is 131 Å². The van der Waals surface area contributed by atoms with Gasteiger partial charge in [-0.2, -0.15) is 0 Å². The molecule has 0 fully saturated rings. The molecule has 4 aromatic carbocycles. The van der Waals surface area contributed by atoms with Crippen LogP contribution < -0.4 is 20.1 Å². The van der Waals surface area contributed by atoms with Crippen LogP contribution in [-0.4, -0.2) is 54.0 Å². The number of fused-ring (bicyclic) bond motifs is 2. The molecular formula is C32H32N2O7. The number of carboxylic acid groups (broad SMARTS) is 1. The fourth-order valence-corrected chi connectivity index (χ4v) is 4.47. The molecule has 0 unspecified atom stereocenters. The molecule has 4 aromatic rings. The molecule has 212 valence electrons. The van der Waals surface area contributed by atoms with Crippen LogP contribution in [0.5, 0.6) is 11.5 Å². The van der Waals surface area contributed by atoms with Gasteiger partial charge in [0.25, 0.3) is 5.91 Å². The van der Waals surface area contributed by atoms with Gasteiger partial charge in [0.05, 0.1) is 6.42 Å². The molecule has 0 heterocycles. The molecule has 0 aliphatic rings. The highest BCUT2D eigenvalue weighted by molar-refractivity contribution is 5.96. The van der Waals surface area contributed by atoms with E-state index in [4.69, 9.17) is 9.47 Å². The quantitative estimate of drug-likeness (QED) is 0.226. The molecular weight excluding hydrogens is 524 g/mol. The van der Waals surface area contributed by atoms with E-state index >= 15 is 0 Å². The number of hydrogen-bond acceptors (Lipinski definition) is 6. The Hall–Kier alpha value is -4.92. The fraction of sp³-hybridized carbons (Fsp3) is 0.250. The summed E-state index contributed by atoms with van der Waals surface area (Å²) in [7, 11) is 0. The van der Waals surface area contributed by atoms with E-state index in [2.05, 4.69) is 10.6 Å². The minimum absolute atomic E-state index is 0.332. The third-order valence-corrected chi connectivity index (χ3v) is 6.58. The Balaban J connectivity index is 1.38. The zero-order chi connectivity index (χ0) is 29.4. The van der Waals surface area contributed by atoms with Crippen molar-refractivity contribution in [1.29, 1.82) is 0 Å². The van der Waals surface area contributed by atoms with E-state index < -0.39 is 48.7 Å². The summed E-state index contributed by atoms with van der Waals surface area (Å²) in [6, 6.07) is 23.6. The molecule has 2 atom stereocenters. The van der Waals surface area contributed by atoms with Crippen molar-refractivity contribution in [2.75, 3.05) is 13.2 Å². The van der Waals surface area contributed by atoms with Gasteiger partial charge in [-0.05, 0) is 28.8 Å². The van der Waals surface area contributed by atoms with Crippen LogP contribution >= 0.6 is 0 Å². The molecule has 4 rings (SSSR count). The molecule has 3 N–H and O–H groups in total. The van der Waals surface area contributed by atoms with Gasteiger partial charge in [0, 0.05) is 10.8 Å². The van der Waals surface area contributed by atoms with Crippen LogP contribution in [-0.2, 0) is 19.2 Å². The summed E-state index contributed by atoms with van der Waals surface area (Å²) < 4.78 is 11.4. The maximum absolute atomic E-state index is 13.2. The molecule has 0 saturated carbocycles. The Kier molecular flexibility index (Phi) is 9.52. The number of rotatable bonds is 13. The molecule has 9 nitrogen and oxygen atoms in total. The molecule has 0 radical (unpaired) electrons. The SMILES string of the molecule is CC(C)[C@H](NC(=O)COc1cccc2ccccc12)C(=O)N[C@@H](CC(=O)O)C(=O)COc1cccc2ccccc12. The zero-order valence-electron chi connectivity index (χ0n) is 22.8. The van der Waals surface area contributed by atoms with Crippen LogP contribution in [0.25, 0.3) is 21.5 Å². The second-order valence-electron chi connectivity index (χ2n) is 9.95. The molecule has 0 saturated heterocycles. The molecule has 9 heteroatoms. The third-order valence-electron chi connectivity index (χ3n) is 6.58. The van der Waals surface area contributed by atoms with E-state index in [1.54, 1.807) is 32.0 Å². The lowest BCUT2D eigenvalue weighted by molar-refractivity contribution is -0.141. The highest BCUT2D eigenvalue weighted by Crippen LogP contribution is 2.26. The monoisotopic (exact) mass is 556 g/mol. The van der Waals surface area contributed by atoms with Crippen LogP contribution in [0.4, 0.5) is 0 Å². The van der Waals surface area contributed by atoms with Crippen molar-refractivity contribution in [3.63, 3.8) is 0 Å². The first-order valence-electron chi connectivity index (χ1n) is 13.3. The Morgan fingerprint density at radius 2 is 1.22 bits per heavy atom. The van der Waals surface area contributed by atoms with Gasteiger partial charge in [-0.25, -0.2) is 0 Å². The minimum atomic E-state index is -1.35. The molecule has 0 aliphatic heterocycles. The number of carbonyl (C=O) groups is 4. The van der Waals surface area contributed by atoms with Crippen molar-refractivity contribution >= 4 is 45.1 Å². The number of carboxylic acids is 1. The van der Waals surface area contributed by atoms with Crippen LogP contribution in [0.3, 0.4) is 0 Å². The van der Waals surface area contributed by atoms with Gasteiger partial charge in [0.1, 0.15) is 30.2 Å². The number of ether oxygens (including phenoxy) is 2. The van der Waals surface area contributed by atoms with Crippen LogP contribution in [0.15, 0.2) is 84.9 Å². The van der Waals surface area contributed by atoms with E-state index in [0.29, 0.717) is 11.5 Å². The lowest BCUT2D eigenvalue weighted by Crippen LogP contribution is -2.55. The van der Waals surface area contributed by atoms with Crippen molar-refractivity contribution in [2.24, 2.45) is 5.92 Å². The molecule has 0 bridgehead atoms. The number of ketones is 1. The Morgan fingerprint density at radius 1 is 0.707 bits per heavy atom. The maximum atomic E-state index is 13.2. The number of nitrogens with one attached hydrogen (secondary N) is 2.